The topological polar surface area (TPSA) is 92.3 Å². The zero-order valence-electron chi connectivity index (χ0n) is 22.8. The summed E-state index contributed by atoms with van der Waals surface area (Å²) in [7, 11) is 0. The Morgan fingerprint density at radius 1 is 1.07 bits per heavy atom. The highest BCUT2D eigenvalue weighted by atomic mass is 35.5. The molecule has 0 spiro atoms. The lowest BCUT2D eigenvalue weighted by atomic mass is 10.2. The van der Waals surface area contributed by atoms with Crippen molar-refractivity contribution < 1.29 is 9.53 Å². The van der Waals surface area contributed by atoms with Gasteiger partial charge in [-0.2, -0.15) is 0 Å². The van der Waals surface area contributed by atoms with Gasteiger partial charge in [0.2, 0.25) is 0 Å². The van der Waals surface area contributed by atoms with E-state index in [2.05, 4.69) is 73.5 Å². The van der Waals surface area contributed by atoms with Crippen LogP contribution in [0.3, 0.4) is 0 Å². The minimum Gasteiger partial charge on any atom is -0.379 e. The van der Waals surface area contributed by atoms with Crippen molar-refractivity contribution >= 4 is 57.5 Å². The molecule has 0 radical (unpaired) electrons. The zero-order valence-corrected chi connectivity index (χ0v) is 24.4. The van der Waals surface area contributed by atoms with Gasteiger partial charge in [-0.3, -0.25) is 15.0 Å². The van der Waals surface area contributed by atoms with Gasteiger partial charge in [-0.15, -0.1) is 0 Å². The van der Waals surface area contributed by atoms with E-state index in [-0.39, 0.29) is 0 Å². The largest absolute Gasteiger partial charge is 0.379 e. The predicted molar refractivity (Wildman–Crippen MR) is 165 cm³/mol. The Bertz CT molecular complexity index is 1560. The molecule has 10 heteroatoms. The van der Waals surface area contributed by atoms with Crippen LogP contribution in [0.5, 0.6) is 0 Å². The molecule has 210 valence electrons. The summed E-state index contributed by atoms with van der Waals surface area (Å²) in [5.74, 6) is 6.19. The van der Waals surface area contributed by atoms with Gasteiger partial charge in [0.15, 0.2) is 0 Å². The van der Waals surface area contributed by atoms with E-state index >= 15 is 0 Å². The summed E-state index contributed by atoms with van der Waals surface area (Å²) in [4.78, 5) is 29.9. The van der Waals surface area contributed by atoms with E-state index in [1.54, 1.807) is 24.0 Å². The van der Waals surface area contributed by atoms with Gasteiger partial charge < -0.3 is 10.1 Å². The number of ether oxygens (including phenoxy) is 1. The van der Waals surface area contributed by atoms with Crippen molar-refractivity contribution in [3.05, 3.63) is 71.6 Å². The monoisotopic (exact) mass is 586 g/mol. The number of nitrogens with one attached hydrogen (secondary N) is 2. The van der Waals surface area contributed by atoms with Crippen molar-refractivity contribution in [2.24, 2.45) is 0 Å². The van der Waals surface area contributed by atoms with Crippen molar-refractivity contribution in [3.8, 4) is 11.8 Å². The molecule has 5 rings (SSSR count). The Morgan fingerprint density at radius 2 is 1.90 bits per heavy atom. The molecular formula is C31H31ClN6O2S. The number of fused-ring (bicyclic) bond motifs is 1. The summed E-state index contributed by atoms with van der Waals surface area (Å²) in [6, 6.07) is 15.9. The first-order chi connectivity index (χ1) is 20.0. The molecule has 0 saturated carbocycles. The molecule has 0 atom stereocenters. The molecule has 0 bridgehead atoms. The number of pyridine rings is 1. The number of carbonyl (C=O) groups excluding carboxylic acids is 1. The van der Waals surface area contributed by atoms with Crippen LogP contribution in [0.4, 0.5) is 17.3 Å². The fraction of sp³-hybridized carbons (Fsp3) is 0.290. The van der Waals surface area contributed by atoms with E-state index in [1.807, 2.05) is 18.2 Å². The minimum absolute atomic E-state index is 0.379. The molecule has 2 aromatic heterocycles. The molecule has 3 heterocycles. The van der Waals surface area contributed by atoms with E-state index in [9.17, 15) is 4.79 Å². The van der Waals surface area contributed by atoms with Gasteiger partial charge in [-0.25, -0.2) is 15.0 Å². The summed E-state index contributed by atoms with van der Waals surface area (Å²) < 4.78 is 5.37. The second kappa shape index (κ2) is 14.3. The molecule has 0 aliphatic carbocycles. The molecular weight excluding hydrogens is 556 g/mol. The first-order valence-corrected chi connectivity index (χ1v) is 14.7. The van der Waals surface area contributed by atoms with Gasteiger partial charge in [-0.05, 0) is 68.6 Å². The average molecular weight is 587 g/mol. The molecule has 4 aromatic rings. The summed E-state index contributed by atoms with van der Waals surface area (Å²) in [5, 5.41) is 7.42. The third-order valence-electron chi connectivity index (χ3n) is 6.54. The van der Waals surface area contributed by atoms with Gasteiger partial charge in [0.1, 0.15) is 18.0 Å². The fourth-order valence-corrected chi connectivity index (χ4v) is 5.44. The van der Waals surface area contributed by atoms with E-state index in [1.165, 1.54) is 11.9 Å². The number of nitrogens with zero attached hydrogens (tertiary/aromatic N) is 4. The number of hydrogen-bond donors (Lipinski definition) is 2. The van der Waals surface area contributed by atoms with E-state index < -0.39 is 5.91 Å². The number of benzene rings is 2. The Hall–Kier alpha value is -3.68. The van der Waals surface area contributed by atoms with E-state index in [0.717, 1.165) is 61.2 Å². The Balaban J connectivity index is 1.19. The van der Waals surface area contributed by atoms with Crippen molar-refractivity contribution in [1.29, 1.82) is 0 Å². The number of morpholine rings is 1. The van der Waals surface area contributed by atoms with Crippen LogP contribution in [0.2, 0.25) is 5.02 Å². The molecule has 1 amide bonds. The van der Waals surface area contributed by atoms with Crippen LogP contribution >= 0.6 is 23.4 Å². The SMILES string of the molecule is Cc1ccc(Sc2ccc(Nc3ncnc4cnc(NC(=O)C#CCCCCN5CCOCC5)cc34)cc2Cl)cc1. The summed E-state index contributed by atoms with van der Waals surface area (Å²) in [5.41, 5.74) is 2.64. The van der Waals surface area contributed by atoms with Crippen molar-refractivity contribution in [2.45, 2.75) is 36.0 Å². The number of rotatable bonds is 9. The van der Waals surface area contributed by atoms with Crippen LogP contribution < -0.4 is 10.6 Å². The highest BCUT2D eigenvalue weighted by Crippen LogP contribution is 2.36. The van der Waals surface area contributed by atoms with Gasteiger partial charge in [-0.1, -0.05) is 47.0 Å². The van der Waals surface area contributed by atoms with Gasteiger partial charge >= 0.3 is 5.91 Å². The maximum Gasteiger partial charge on any atom is 0.301 e. The molecule has 1 fully saturated rings. The highest BCUT2D eigenvalue weighted by molar-refractivity contribution is 7.99. The predicted octanol–water partition coefficient (Wildman–Crippen LogP) is 6.33. The molecule has 1 saturated heterocycles. The van der Waals surface area contributed by atoms with Crippen molar-refractivity contribution in [1.82, 2.24) is 19.9 Å². The Labute approximate surface area is 249 Å². The first-order valence-electron chi connectivity index (χ1n) is 13.6. The maximum atomic E-state index is 12.4. The van der Waals surface area contributed by atoms with Crippen LogP contribution in [0.1, 0.15) is 24.8 Å². The molecule has 0 unspecified atom stereocenters. The summed E-state index contributed by atoms with van der Waals surface area (Å²) >= 11 is 8.22. The van der Waals surface area contributed by atoms with E-state index in [4.69, 9.17) is 16.3 Å². The number of hydrogen-bond acceptors (Lipinski definition) is 8. The average Bonchev–Trinajstić information content (AvgIpc) is 2.98. The third kappa shape index (κ3) is 8.41. The maximum absolute atomic E-state index is 12.4. The molecule has 41 heavy (non-hydrogen) atoms. The molecule has 1 aliphatic rings. The first kappa shape index (κ1) is 28.8. The number of aromatic nitrogens is 3. The second-order valence-electron chi connectivity index (χ2n) is 9.66. The molecule has 1 aliphatic heterocycles. The van der Waals surface area contributed by atoms with Crippen LogP contribution in [-0.4, -0.2) is 58.6 Å². The van der Waals surface area contributed by atoms with Crippen LogP contribution in [0.15, 0.2) is 70.8 Å². The Kier molecular flexibility index (Phi) is 10.0. The van der Waals surface area contributed by atoms with Crippen LogP contribution in [0.25, 0.3) is 10.9 Å². The standard InChI is InChI=1S/C31H31ClN6O2S/c1-22-7-10-24(11-8-22)41-28-12-9-23(18-26(28)32)36-31-25-19-29(33-20-27(25)34-21-35-31)37-30(39)6-4-2-3-5-13-38-14-16-40-17-15-38/h7-12,18-21H,2-3,5,13-17H2,1H3,(H,33,37,39)(H,34,35,36). The van der Waals surface area contributed by atoms with Gasteiger partial charge in [0.25, 0.3) is 0 Å². The summed E-state index contributed by atoms with van der Waals surface area (Å²) in [6.45, 7) is 6.70. The number of halogens is 1. The smallest absolute Gasteiger partial charge is 0.301 e. The lowest BCUT2D eigenvalue weighted by molar-refractivity contribution is -0.111. The number of amides is 1. The summed E-state index contributed by atoms with van der Waals surface area (Å²) in [6.07, 6.45) is 5.75. The van der Waals surface area contributed by atoms with Crippen molar-refractivity contribution in [3.63, 3.8) is 0 Å². The van der Waals surface area contributed by atoms with Crippen LogP contribution in [0, 0.1) is 18.8 Å². The lowest BCUT2D eigenvalue weighted by Crippen LogP contribution is -2.36. The quantitative estimate of drug-likeness (QED) is 0.174. The third-order valence-corrected chi connectivity index (χ3v) is 8.05. The number of carbonyl (C=O) groups is 1. The van der Waals surface area contributed by atoms with Crippen molar-refractivity contribution in [2.75, 3.05) is 43.5 Å². The van der Waals surface area contributed by atoms with E-state index in [0.29, 0.717) is 34.0 Å². The number of unbranched alkanes of at least 4 members (excludes halogenated alkanes) is 2. The second-order valence-corrected chi connectivity index (χ2v) is 11.2. The molecule has 2 N–H and O–H groups in total. The lowest BCUT2D eigenvalue weighted by Gasteiger charge is -2.26. The molecule has 2 aromatic carbocycles. The highest BCUT2D eigenvalue weighted by Gasteiger charge is 2.11. The zero-order chi connectivity index (χ0) is 28.4. The number of anilines is 3. The number of aryl methyl sites for hydroxylation is 1. The molecule has 8 nitrogen and oxygen atoms in total. The van der Waals surface area contributed by atoms with Crippen LogP contribution in [-0.2, 0) is 9.53 Å². The minimum atomic E-state index is -0.398. The normalized spacial score (nSPS) is 13.4. The van der Waals surface area contributed by atoms with Gasteiger partial charge in [0.05, 0.1) is 29.9 Å². The Morgan fingerprint density at radius 3 is 2.71 bits per heavy atom. The van der Waals surface area contributed by atoms with Gasteiger partial charge in [0, 0.05) is 40.4 Å². The fourth-order valence-electron chi connectivity index (χ4n) is 4.32.